The number of amides is 1. The van der Waals surface area contributed by atoms with Crippen molar-refractivity contribution in [2.75, 3.05) is 6.54 Å². The summed E-state index contributed by atoms with van der Waals surface area (Å²) in [5.41, 5.74) is 1.16. The van der Waals surface area contributed by atoms with Crippen LogP contribution in [0.1, 0.15) is 16.2 Å². The molecule has 4 aromatic rings. The Morgan fingerprint density at radius 1 is 1.10 bits per heavy atom. The van der Waals surface area contributed by atoms with Crippen molar-refractivity contribution >= 4 is 17.2 Å². The number of aromatic nitrogens is 3. The molecule has 2 heterocycles. The summed E-state index contributed by atoms with van der Waals surface area (Å²) < 4.78 is 28.5. The molecule has 0 atom stereocenters. The van der Waals surface area contributed by atoms with E-state index in [1.165, 1.54) is 45.2 Å². The van der Waals surface area contributed by atoms with E-state index >= 15 is 0 Å². The van der Waals surface area contributed by atoms with Crippen molar-refractivity contribution in [3.63, 3.8) is 0 Å². The molecule has 0 aliphatic carbocycles. The third kappa shape index (κ3) is 4.52. The summed E-state index contributed by atoms with van der Waals surface area (Å²) in [5, 5.41) is 6.24. The molecule has 2 aromatic carbocycles. The standard InChI is InChI=1S/C23H16F2N4OS/c1-2-12-28(15-16-8-10-17(24)11-9-16)23(30)21-26-22(20-7-4-13-31-20)29(27-21)19-6-3-5-18(25)14-19/h1,3-11,13-14H,12,15H2. The number of nitrogens with zero attached hydrogens (tertiary/aromatic N) is 4. The number of thiophene rings is 1. The monoisotopic (exact) mass is 434 g/mol. The van der Waals surface area contributed by atoms with Gasteiger partial charge < -0.3 is 4.90 Å². The van der Waals surface area contributed by atoms with Gasteiger partial charge in [-0.25, -0.2) is 18.4 Å². The Balaban J connectivity index is 1.72. The number of benzene rings is 2. The molecule has 8 heteroatoms. The first kappa shape index (κ1) is 20.4. The third-order valence-corrected chi connectivity index (χ3v) is 5.31. The highest BCUT2D eigenvalue weighted by atomic mass is 32.1. The number of hydrogen-bond acceptors (Lipinski definition) is 4. The quantitative estimate of drug-likeness (QED) is 0.419. The lowest BCUT2D eigenvalue weighted by Crippen LogP contribution is -2.31. The molecule has 0 spiro atoms. The average molecular weight is 434 g/mol. The summed E-state index contributed by atoms with van der Waals surface area (Å²) in [4.78, 5) is 19.8. The zero-order chi connectivity index (χ0) is 21.8. The summed E-state index contributed by atoms with van der Waals surface area (Å²) in [6.07, 6.45) is 5.45. The van der Waals surface area contributed by atoms with Gasteiger partial charge in [-0.1, -0.05) is 30.2 Å². The summed E-state index contributed by atoms with van der Waals surface area (Å²) in [7, 11) is 0. The highest BCUT2D eigenvalue weighted by molar-refractivity contribution is 7.13. The predicted octanol–water partition coefficient (Wildman–Crippen LogP) is 4.55. The van der Waals surface area contributed by atoms with Crippen molar-refractivity contribution < 1.29 is 13.6 Å². The van der Waals surface area contributed by atoms with Crippen molar-refractivity contribution in [3.8, 4) is 28.7 Å². The molecule has 154 valence electrons. The SMILES string of the molecule is C#CCN(Cc1ccc(F)cc1)C(=O)c1nc(-c2cccs2)n(-c2cccc(F)c2)n1. The van der Waals surface area contributed by atoms with E-state index in [9.17, 15) is 13.6 Å². The molecule has 0 bridgehead atoms. The van der Waals surface area contributed by atoms with Crippen LogP contribution in [0.2, 0.25) is 0 Å². The number of rotatable bonds is 6. The lowest BCUT2D eigenvalue weighted by Gasteiger charge is -2.18. The van der Waals surface area contributed by atoms with Crippen molar-refractivity contribution in [1.29, 1.82) is 0 Å². The van der Waals surface area contributed by atoms with Crippen LogP contribution in [0, 0.1) is 24.0 Å². The predicted molar refractivity (Wildman–Crippen MR) is 115 cm³/mol. The van der Waals surface area contributed by atoms with E-state index < -0.39 is 11.7 Å². The Bertz CT molecular complexity index is 1240. The van der Waals surface area contributed by atoms with Crippen molar-refractivity contribution in [1.82, 2.24) is 19.7 Å². The summed E-state index contributed by atoms with van der Waals surface area (Å²) in [5.74, 6) is 1.55. The Morgan fingerprint density at radius 3 is 2.58 bits per heavy atom. The zero-order valence-corrected chi connectivity index (χ0v) is 17.0. The molecule has 0 aliphatic rings. The Hall–Kier alpha value is -3.83. The maximum Gasteiger partial charge on any atom is 0.294 e. The number of halogens is 2. The summed E-state index contributed by atoms with van der Waals surface area (Å²) in [6.45, 7) is 0.200. The molecule has 0 aliphatic heterocycles. The van der Waals surface area contributed by atoms with Crippen molar-refractivity contribution in [2.45, 2.75) is 6.54 Å². The van der Waals surface area contributed by atoms with Crippen LogP contribution in [0.5, 0.6) is 0 Å². The molecule has 5 nitrogen and oxygen atoms in total. The fraction of sp³-hybridized carbons (Fsp3) is 0.0870. The lowest BCUT2D eigenvalue weighted by atomic mass is 10.2. The van der Waals surface area contributed by atoms with Crippen LogP contribution < -0.4 is 0 Å². The van der Waals surface area contributed by atoms with Crippen LogP contribution in [0.15, 0.2) is 66.0 Å². The number of hydrogen-bond donors (Lipinski definition) is 0. The topological polar surface area (TPSA) is 51.0 Å². The van der Waals surface area contributed by atoms with E-state index in [-0.39, 0.29) is 24.7 Å². The maximum absolute atomic E-state index is 13.8. The van der Waals surface area contributed by atoms with Gasteiger partial charge in [-0.15, -0.1) is 22.9 Å². The second kappa shape index (κ2) is 8.90. The van der Waals surface area contributed by atoms with Crippen LogP contribution in [0.4, 0.5) is 8.78 Å². The van der Waals surface area contributed by atoms with Gasteiger partial charge in [0.25, 0.3) is 5.91 Å². The molecule has 0 fully saturated rings. The van der Waals surface area contributed by atoms with Crippen LogP contribution >= 0.6 is 11.3 Å². The van der Waals surface area contributed by atoms with E-state index in [0.717, 1.165) is 4.88 Å². The molecule has 2 aromatic heterocycles. The molecule has 0 radical (unpaired) electrons. The third-order valence-electron chi connectivity index (χ3n) is 4.45. The molecular formula is C23H16F2N4OS. The molecular weight excluding hydrogens is 418 g/mol. The maximum atomic E-state index is 13.8. The van der Waals surface area contributed by atoms with Gasteiger partial charge in [0.1, 0.15) is 11.6 Å². The van der Waals surface area contributed by atoms with Crippen LogP contribution in [0.3, 0.4) is 0 Å². The zero-order valence-electron chi connectivity index (χ0n) is 16.2. The van der Waals surface area contributed by atoms with E-state index in [4.69, 9.17) is 6.42 Å². The first-order chi connectivity index (χ1) is 15.0. The first-order valence-corrected chi connectivity index (χ1v) is 10.2. The molecule has 4 rings (SSSR count). The molecule has 0 saturated carbocycles. The minimum atomic E-state index is -0.477. The van der Waals surface area contributed by atoms with E-state index in [1.807, 2.05) is 17.5 Å². The van der Waals surface area contributed by atoms with Gasteiger partial charge >= 0.3 is 0 Å². The van der Waals surface area contributed by atoms with Crippen LogP contribution in [0.25, 0.3) is 16.4 Å². The van der Waals surface area contributed by atoms with Crippen LogP contribution in [-0.2, 0) is 6.54 Å². The smallest absolute Gasteiger partial charge is 0.294 e. The molecule has 0 N–H and O–H groups in total. The Labute approximate surface area is 181 Å². The lowest BCUT2D eigenvalue weighted by molar-refractivity contribution is 0.0753. The number of carbonyl (C=O) groups is 1. The Morgan fingerprint density at radius 2 is 1.90 bits per heavy atom. The van der Waals surface area contributed by atoms with Crippen molar-refractivity contribution in [3.05, 3.63) is 89.1 Å². The summed E-state index contributed by atoms with van der Waals surface area (Å²) in [6, 6.07) is 15.4. The fourth-order valence-electron chi connectivity index (χ4n) is 3.02. The van der Waals surface area contributed by atoms with Gasteiger partial charge in [-0.2, -0.15) is 0 Å². The Kier molecular flexibility index (Phi) is 5.87. The van der Waals surface area contributed by atoms with Gasteiger partial charge in [-0.05, 0) is 47.3 Å². The van der Waals surface area contributed by atoms with Crippen LogP contribution in [-0.4, -0.2) is 32.1 Å². The number of carbonyl (C=O) groups excluding carboxylic acids is 1. The second-order valence-corrected chi connectivity index (χ2v) is 7.57. The highest BCUT2D eigenvalue weighted by Gasteiger charge is 2.24. The highest BCUT2D eigenvalue weighted by Crippen LogP contribution is 2.26. The molecule has 0 saturated heterocycles. The fourth-order valence-corrected chi connectivity index (χ4v) is 3.72. The van der Waals surface area contributed by atoms with E-state index in [2.05, 4.69) is 16.0 Å². The molecule has 0 unspecified atom stereocenters. The van der Waals surface area contributed by atoms with E-state index in [1.54, 1.807) is 24.3 Å². The number of terminal acetylenes is 1. The van der Waals surface area contributed by atoms with Gasteiger partial charge in [0, 0.05) is 6.54 Å². The first-order valence-electron chi connectivity index (χ1n) is 9.29. The molecule has 1 amide bonds. The van der Waals surface area contributed by atoms with Crippen molar-refractivity contribution in [2.24, 2.45) is 0 Å². The van der Waals surface area contributed by atoms with Gasteiger partial charge in [0.2, 0.25) is 5.82 Å². The average Bonchev–Trinajstić information content (AvgIpc) is 3.44. The molecule has 31 heavy (non-hydrogen) atoms. The van der Waals surface area contributed by atoms with Gasteiger partial charge in [0.15, 0.2) is 5.82 Å². The van der Waals surface area contributed by atoms with Gasteiger partial charge in [0.05, 0.1) is 17.1 Å². The van der Waals surface area contributed by atoms with E-state index in [0.29, 0.717) is 17.1 Å². The normalized spacial score (nSPS) is 10.6. The largest absolute Gasteiger partial charge is 0.320 e. The minimum absolute atomic E-state index is 0.0268. The second-order valence-electron chi connectivity index (χ2n) is 6.62. The summed E-state index contributed by atoms with van der Waals surface area (Å²) >= 11 is 1.43. The minimum Gasteiger partial charge on any atom is -0.320 e. The van der Waals surface area contributed by atoms with Gasteiger partial charge in [-0.3, -0.25) is 4.79 Å².